The van der Waals surface area contributed by atoms with Gasteiger partial charge in [0.25, 0.3) is 5.56 Å². The van der Waals surface area contributed by atoms with Gasteiger partial charge in [0.15, 0.2) is 0 Å². The number of aryl methyl sites for hydroxylation is 2. The van der Waals surface area contributed by atoms with Crippen LogP contribution in [0.3, 0.4) is 0 Å². The third-order valence-corrected chi connectivity index (χ3v) is 3.07. The average molecular weight is 272 g/mol. The molecule has 0 N–H and O–H groups in total. The number of pyridine rings is 1. The first-order valence-electron chi connectivity index (χ1n) is 5.23. The summed E-state index contributed by atoms with van der Waals surface area (Å²) in [5.41, 5.74) is 3.16. The Morgan fingerprint density at radius 3 is 2.47 bits per heavy atom. The highest BCUT2D eigenvalue weighted by Crippen LogP contribution is 2.10. The first-order chi connectivity index (χ1) is 6.97. The standard InChI is InChI=1S/C12H18BrNO/c1-8(2)7-14-10(4)5-9(3)11(6-13)12(14)15/h5,8H,6-7H2,1-4H3. The normalized spacial score (nSPS) is 11.1. The molecule has 0 aromatic carbocycles. The molecule has 15 heavy (non-hydrogen) atoms. The molecule has 2 nitrogen and oxygen atoms in total. The van der Waals surface area contributed by atoms with Gasteiger partial charge in [0, 0.05) is 23.1 Å². The van der Waals surface area contributed by atoms with E-state index in [1.807, 2.05) is 18.4 Å². The van der Waals surface area contributed by atoms with E-state index in [-0.39, 0.29) is 5.56 Å². The number of alkyl halides is 1. The molecule has 1 aromatic heterocycles. The maximum absolute atomic E-state index is 12.1. The lowest BCUT2D eigenvalue weighted by Crippen LogP contribution is -2.28. The number of nitrogens with zero attached hydrogens (tertiary/aromatic N) is 1. The van der Waals surface area contributed by atoms with E-state index >= 15 is 0 Å². The van der Waals surface area contributed by atoms with Crippen LogP contribution in [0, 0.1) is 19.8 Å². The van der Waals surface area contributed by atoms with Crippen molar-refractivity contribution in [2.75, 3.05) is 0 Å². The molecule has 1 heterocycles. The van der Waals surface area contributed by atoms with Crippen molar-refractivity contribution in [2.45, 2.75) is 39.6 Å². The Labute approximate surface area is 99.4 Å². The molecule has 0 saturated heterocycles. The van der Waals surface area contributed by atoms with Crippen LogP contribution in [0.15, 0.2) is 10.9 Å². The molecule has 0 aliphatic rings. The third kappa shape index (κ3) is 2.71. The highest BCUT2D eigenvalue weighted by molar-refractivity contribution is 9.08. The topological polar surface area (TPSA) is 22.0 Å². The molecular formula is C12H18BrNO. The molecule has 0 radical (unpaired) electrons. The summed E-state index contributed by atoms with van der Waals surface area (Å²) in [4.78, 5) is 12.1. The molecule has 3 heteroatoms. The summed E-state index contributed by atoms with van der Waals surface area (Å²) in [7, 11) is 0. The fraction of sp³-hybridized carbons (Fsp3) is 0.583. The molecular weight excluding hydrogens is 254 g/mol. The van der Waals surface area contributed by atoms with Gasteiger partial charge in [0.1, 0.15) is 0 Å². The van der Waals surface area contributed by atoms with E-state index < -0.39 is 0 Å². The van der Waals surface area contributed by atoms with E-state index in [0.29, 0.717) is 11.2 Å². The van der Waals surface area contributed by atoms with Crippen LogP contribution in [0.4, 0.5) is 0 Å². The van der Waals surface area contributed by atoms with Crippen molar-refractivity contribution in [3.8, 4) is 0 Å². The third-order valence-electron chi connectivity index (χ3n) is 2.51. The number of hydrogen-bond acceptors (Lipinski definition) is 1. The van der Waals surface area contributed by atoms with Gasteiger partial charge in [-0.3, -0.25) is 4.79 Å². The maximum Gasteiger partial charge on any atom is 0.255 e. The van der Waals surface area contributed by atoms with Gasteiger partial charge < -0.3 is 4.57 Å². The summed E-state index contributed by atoms with van der Waals surface area (Å²) in [5.74, 6) is 0.493. The van der Waals surface area contributed by atoms with E-state index in [4.69, 9.17) is 0 Å². The minimum absolute atomic E-state index is 0.151. The summed E-state index contributed by atoms with van der Waals surface area (Å²) in [6.45, 7) is 9.03. The van der Waals surface area contributed by atoms with Gasteiger partial charge in [-0.1, -0.05) is 29.8 Å². The summed E-state index contributed by atoms with van der Waals surface area (Å²) < 4.78 is 1.87. The smallest absolute Gasteiger partial charge is 0.255 e. The Bertz CT molecular complexity index is 407. The average Bonchev–Trinajstić information content (AvgIpc) is 2.12. The van der Waals surface area contributed by atoms with Crippen molar-refractivity contribution in [3.05, 3.63) is 33.2 Å². The Balaban J connectivity index is 3.33. The molecule has 0 saturated carbocycles. The minimum Gasteiger partial charge on any atom is -0.312 e. The zero-order valence-electron chi connectivity index (χ0n) is 9.80. The van der Waals surface area contributed by atoms with Crippen LogP contribution in [0.2, 0.25) is 0 Å². The molecule has 1 rings (SSSR count). The largest absolute Gasteiger partial charge is 0.312 e. The molecule has 0 atom stereocenters. The predicted molar refractivity (Wildman–Crippen MR) is 67.6 cm³/mol. The summed E-state index contributed by atoms with van der Waals surface area (Å²) in [6.07, 6.45) is 0. The van der Waals surface area contributed by atoms with Crippen LogP contribution in [0.5, 0.6) is 0 Å². The first-order valence-corrected chi connectivity index (χ1v) is 6.35. The molecule has 0 amide bonds. The van der Waals surface area contributed by atoms with Crippen molar-refractivity contribution in [1.82, 2.24) is 4.57 Å². The summed E-state index contributed by atoms with van der Waals surface area (Å²) in [5, 5.41) is 0.635. The molecule has 0 unspecified atom stereocenters. The number of aromatic nitrogens is 1. The predicted octanol–water partition coefficient (Wildman–Crippen LogP) is 3.02. The van der Waals surface area contributed by atoms with Crippen molar-refractivity contribution in [1.29, 1.82) is 0 Å². The number of halogens is 1. The van der Waals surface area contributed by atoms with Gasteiger partial charge in [-0.25, -0.2) is 0 Å². The zero-order chi connectivity index (χ0) is 11.6. The highest BCUT2D eigenvalue weighted by Gasteiger charge is 2.09. The second-order valence-corrected chi connectivity index (χ2v) is 4.95. The quantitative estimate of drug-likeness (QED) is 0.775. The number of hydrogen-bond donors (Lipinski definition) is 0. The monoisotopic (exact) mass is 271 g/mol. The Morgan fingerprint density at radius 2 is 2.00 bits per heavy atom. The Morgan fingerprint density at radius 1 is 1.40 bits per heavy atom. The van der Waals surface area contributed by atoms with E-state index in [1.165, 1.54) is 0 Å². The lowest BCUT2D eigenvalue weighted by atomic mass is 10.1. The summed E-state index contributed by atoms with van der Waals surface area (Å²) >= 11 is 3.37. The van der Waals surface area contributed by atoms with Gasteiger partial charge in [-0.2, -0.15) is 0 Å². The van der Waals surface area contributed by atoms with E-state index in [2.05, 4.69) is 35.8 Å². The van der Waals surface area contributed by atoms with Crippen LogP contribution in [0.25, 0.3) is 0 Å². The van der Waals surface area contributed by atoms with Crippen LogP contribution in [-0.2, 0) is 11.9 Å². The Kier molecular flexibility index (Phi) is 4.14. The first kappa shape index (κ1) is 12.5. The van der Waals surface area contributed by atoms with Crippen molar-refractivity contribution in [2.24, 2.45) is 5.92 Å². The van der Waals surface area contributed by atoms with E-state index in [9.17, 15) is 4.79 Å². The second kappa shape index (κ2) is 4.97. The minimum atomic E-state index is 0.151. The number of rotatable bonds is 3. The van der Waals surface area contributed by atoms with Gasteiger partial charge in [-0.15, -0.1) is 0 Å². The van der Waals surface area contributed by atoms with Crippen molar-refractivity contribution in [3.63, 3.8) is 0 Å². The SMILES string of the molecule is Cc1cc(C)n(CC(C)C)c(=O)c1CBr. The Hall–Kier alpha value is -0.570. The molecule has 0 aliphatic carbocycles. The lowest BCUT2D eigenvalue weighted by molar-refractivity contribution is 0.500. The molecule has 0 aliphatic heterocycles. The molecule has 0 fully saturated rings. The van der Waals surface area contributed by atoms with Crippen LogP contribution in [-0.4, -0.2) is 4.57 Å². The van der Waals surface area contributed by atoms with Gasteiger partial charge in [0.05, 0.1) is 0 Å². The van der Waals surface area contributed by atoms with Crippen LogP contribution in [0.1, 0.15) is 30.7 Å². The van der Waals surface area contributed by atoms with Gasteiger partial charge in [-0.05, 0) is 31.4 Å². The van der Waals surface area contributed by atoms with E-state index in [1.54, 1.807) is 0 Å². The van der Waals surface area contributed by atoms with Crippen LogP contribution >= 0.6 is 15.9 Å². The van der Waals surface area contributed by atoms with Gasteiger partial charge >= 0.3 is 0 Å². The summed E-state index contributed by atoms with van der Waals surface area (Å²) in [6, 6.07) is 2.08. The fourth-order valence-corrected chi connectivity index (χ4v) is 2.41. The molecule has 84 valence electrons. The highest BCUT2D eigenvalue weighted by atomic mass is 79.9. The maximum atomic E-state index is 12.1. The fourth-order valence-electron chi connectivity index (χ4n) is 1.72. The second-order valence-electron chi connectivity index (χ2n) is 4.39. The molecule has 1 aromatic rings. The molecule has 0 spiro atoms. The van der Waals surface area contributed by atoms with Crippen LogP contribution < -0.4 is 5.56 Å². The van der Waals surface area contributed by atoms with E-state index in [0.717, 1.165) is 23.4 Å². The lowest BCUT2D eigenvalue weighted by Gasteiger charge is -2.15. The van der Waals surface area contributed by atoms with Crippen molar-refractivity contribution < 1.29 is 0 Å². The molecule has 0 bridgehead atoms. The van der Waals surface area contributed by atoms with Gasteiger partial charge in [0.2, 0.25) is 0 Å². The van der Waals surface area contributed by atoms with Crippen molar-refractivity contribution >= 4 is 15.9 Å². The zero-order valence-corrected chi connectivity index (χ0v) is 11.4.